The van der Waals surface area contributed by atoms with Gasteiger partial charge in [0, 0.05) is 36.8 Å². The number of rotatable bonds is 8. The van der Waals surface area contributed by atoms with Crippen LogP contribution in [-0.2, 0) is 42.8 Å². The van der Waals surface area contributed by atoms with Gasteiger partial charge in [-0.3, -0.25) is 18.8 Å². The molecule has 3 aromatic carbocycles. The fraction of sp³-hybridized carbons (Fsp3) is 0.353. The van der Waals surface area contributed by atoms with E-state index in [1.807, 2.05) is 4.90 Å². The highest BCUT2D eigenvalue weighted by molar-refractivity contribution is 5.36. The molecular formula is C34H31F7N4O4. The Hall–Kier alpha value is -4.47. The van der Waals surface area contributed by atoms with Crippen molar-refractivity contribution in [2.75, 3.05) is 13.1 Å². The molecule has 1 atom stereocenters. The molecule has 1 saturated heterocycles. The summed E-state index contributed by atoms with van der Waals surface area (Å²) in [5, 5.41) is 0. The highest BCUT2D eigenvalue weighted by atomic mass is 19.4. The Balaban J connectivity index is 1.38. The van der Waals surface area contributed by atoms with Crippen molar-refractivity contribution in [3.8, 4) is 5.75 Å². The summed E-state index contributed by atoms with van der Waals surface area (Å²) in [7, 11) is 0. The van der Waals surface area contributed by atoms with Gasteiger partial charge in [-0.05, 0) is 36.6 Å². The molecular weight excluding hydrogens is 661 g/mol. The Morgan fingerprint density at radius 3 is 2.20 bits per heavy atom. The molecule has 0 aliphatic carbocycles. The molecule has 1 fully saturated rings. The molecule has 1 unspecified atom stereocenters. The van der Waals surface area contributed by atoms with Gasteiger partial charge in [0.25, 0.3) is 5.56 Å². The van der Waals surface area contributed by atoms with Gasteiger partial charge in [0.15, 0.2) is 0 Å². The van der Waals surface area contributed by atoms with Gasteiger partial charge in [-0.25, -0.2) is 9.18 Å². The normalized spacial score (nSPS) is 16.9. The maximum Gasteiger partial charge on any atom is 0.573 e. The van der Waals surface area contributed by atoms with Gasteiger partial charge in [-0.1, -0.05) is 54.6 Å². The van der Waals surface area contributed by atoms with E-state index in [0.717, 1.165) is 27.3 Å². The van der Waals surface area contributed by atoms with Crippen molar-refractivity contribution in [3.05, 3.63) is 133 Å². The molecule has 0 saturated carbocycles. The molecule has 2 aliphatic rings. The van der Waals surface area contributed by atoms with Crippen LogP contribution in [0.5, 0.6) is 5.75 Å². The van der Waals surface area contributed by atoms with Crippen molar-refractivity contribution < 1.29 is 40.2 Å². The topological polar surface area (TPSA) is 91.7 Å². The van der Waals surface area contributed by atoms with Crippen LogP contribution in [0.4, 0.5) is 30.7 Å². The number of piperidine rings is 1. The molecule has 6 rings (SSSR count). The molecule has 2 aliphatic heterocycles. The van der Waals surface area contributed by atoms with E-state index in [-0.39, 0.29) is 62.6 Å². The Kier molecular flexibility index (Phi) is 9.19. The van der Waals surface area contributed by atoms with E-state index >= 15 is 4.39 Å². The quantitative estimate of drug-likeness (QED) is 0.234. The molecule has 1 spiro atoms. The van der Waals surface area contributed by atoms with Crippen molar-refractivity contribution in [3.63, 3.8) is 0 Å². The number of alkyl halides is 6. The molecule has 8 nitrogen and oxygen atoms in total. The minimum absolute atomic E-state index is 0.0354. The van der Waals surface area contributed by atoms with E-state index in [9.17, 15) is 35.9 Å². The number of nitrogens with zero attached hydrogens (tertiary/aromatic N) is 3. The molecule has 260 valence electrons. The summed E-state index contributed by atoms with van der Waals surface area (Å²) in [5.74, 6) is -1.52. The minimum Gasteiger partial charge on any atom is -0.405 e. The maximum absolute atomic E-state index is 15.0. The van der Waals surface area contributed by atoms with Crippen molar-refractivity contribution in [2.45, 2.75) is 63.3 Å². The predicted octanol–water partition coefficient (Wildman–Crippen LogP) is 5.84. The van der Waals surface area contributed by atoms with Crippen LogP contribution in [-0.4, -0.2) is 33.5 Å². The Bertz CT molecular complexity index is 1950. The summed E-state index contributed by atoms with van der Waals surface area (Å²) in [6.45, 7) is -0.843. The van der Waals surface area contributed by atoms with Gasteiger partial charge in [-0.2, -0.15) is 13.2 Å². The number of fused-ring (bicyclic) bond motifs is 2. The van der Waals surface area contributed by atoms with Gasteiger partial charge < -0.3 is 15.2 Å². The average molecular weight is 693 g/mol. The molecule has 4 aromatic rings. The SMILES string of the molecule is NC(Cn1c(=O)c2c(n(Cc3c(F)cccc3C(F)(F)F)c1=O)COC21CCN(Cc2ccccc2OC(F)(F)F)CC1)c1ccccc1. The van der Waals surface area contributed by atoms with Crippen molar-refractivity contribution in [2.24, 2.45) is 5.73 Å². The number of ether oxygens (including phenoxy) is 2. The first-order chi connectivity index (χ1) is 23.2. The molecule has 0 bridgehead atoms. The number of halogens is 7. The van der Waals surface area contributed by atoms with Crippen LogP contribution in [0.3, 0.4) is 0 Å². The lowest BCUT2D eigenvalue weighted by atomic mass is 9.85. The van der Waals surface area contributed by atoms with Crippen LogP contribution in [0.25, 0.3) is 0 Å². The van der Waals surface area contributed by atoms with Crippen LogP contribution < -0.4 is 21.7 Å². The summed E-state index contributed by atoms with van der Waals surface area (Å²) in [6.07, 6.45) is -9.46. The summed E-state index contributed by atoms with van der Waals surface area (Å²) in [4.78, 5) is 30.0. The van der Waals surface area contributed by atoms with E-state index in [0.29, 0.717) is 11.1 Å². The third-order valence-electron chi connectivity index (χ3n) is 9.08. The van der Waals surface area contributed by atoms with E-state index in [4.69, 9.17) is 10.5 Å². The summed E-state index contributed by atoms with van der Waals surface area (Å²) < 4.78 is 108. The fourth-order valence-corrected chi connectivity index (χ4v) is 6.66. The zero-order valence-corrected chi connectivity index (χ0v) is 25.9. The van der Waals surface area contributed by atoms with Crippen molar-refractivity contribution >= 4 is 0 Å². The van der Waals surface area contributed by atoms with Gasteiger partial charge >= 0.3 is 18.2 Å². The van der Waals surface area contributed by atoms with Gasteiger partial charge in [0.2, 0.25) is 0 Å². The van der Waals surface area contributed by atoms with Gasteiger partial charge in [-0.15, -0.1) is 13.2 Å². The van der Waals surface area contributed by atoms with Crippen LogP contribution in [0.2, 0.25) is 0 Å². The average Bonchev–Trinajstić information content (AvgIpc) is 3.41. The fourth-order valence-electron chi connectivity index (χ4n) is 6.66. The number of hydrogen-bond acceptors (Lipinski definition) is 6. The number of nitrogens with two attached hydrogens (primary N) is 1. The first kappa shape index (κ1) is 34.4. The van der Waals surface area contributed by atoms with Crippen molar-refractivity contribution in [1.82, 2.24) is 14.0 Å². The Labute approximate surface area is 275 Å². The van der Waals surface area contributed by atoms with E-state index in [1.54, 1.807) is 36.4 Å². The second kappa shape index (κ2) is 13.1. The first-order valence-electron chi connectivity index (χ1n) is 15.4. The lowest BCUT2D eigenvalue weighted by molar-refractivity contribution is -0.275. The van der Waals surface area contributed by atoms with E-state index in [1.165, 1.54) is 18.2 Å². The van der Waals surface area contributed by atoms with Crippen LogP contribution in [0.15, 0.2) is 82.4 Å². The molecule has 15 heteroatoms. The third-order valence-corrected chi connectivity index (χ3v) is 9.08. The highest BCUT2D eigenvalue weighted by Gasteiger charge is 2.47. The van der Waals surface area contributed by atoms with E-state index in [2.05, 4.69) is 4.74 Å². The van der Waals surface area contributed by atoms with Crippen LogP contribution in [0.1, 0.15) is 52.4 Å². The van der Waals surface area contributed by atoms with E-state index < -0.39 is 58.9 Å². The molecule has 0 amide bonds. The first-order valence-corrected chi connectivity index (χ1v) is 15.4. The van der Waals surface area contributed by atoms with Crippen LogP contribution in [0, 0.1) is 5.82 Å². The monoisotopic (exact) mass is 692 g/mol. The second-order valence-corrected chi connectivity index (χ2v) is 12.1. The predicted molar refractivity (Wildman–Crippen MR) is 163 cm³/mol. The molecule has 49 heavy (non-hydrogen) atoms. The summed E-state index contributed by atoms with van der Waals surface area (Å²) in [6, 6.07) is 16.0. The highest BCUT2D eigenvalue weighted by Crippen LogP contribution is 2.43. The number of benzene rings is 3. The van der Waals surface area contributed by atoms with Gasteiger partial charge in [0.05, 0.1) is 36.5 Å². The molecule has 0 radical (unpaired) electrons. The summed E-state index contributed by atoms with van der Waals surface area (Å²) in [5.41, 5.74) is 2.41. The number of para-hydroxylation sites is 1. The Morgan fingerprint density at radius 1 is 0.857 bits per heavy atom. The van der Waals surface area contributed by atoms with Crippen molar-refractivity contribution in [1.29, 1.82) is 0 Å². The summed E-state index contributed by atoms with van der Waals surface area (Å²) >= 11 is 0. The second-order valence-electron chi connectivity index (χ2n) is 12.1. The lowest BCUT2D eigenvalue weighted by Gasteiger charge is -2.39. The molecule has 3 heterocycles. The largest absolute Gasteiger partial charge is 0.573 e. The molecule has 2 N–H and O–H groups in total. The number of hydrogen-bond donors (Lipinski definition) is 1. The smallest absolute Gasteiger partial charge is 0.405 e. The molecule has 1 aromatic heterocycles. The standard InChI is InChI=1S/C34H31F7N4O4/c35-25-11-6-10-24(33(36,37)38)23(25)18-44-27-20-48-32(29(27)30(46)45(31(44)47)19-26(42)21-7-2-1-3-8-21)13-15-43(16-14-32)17-22-9-4-5-12-28(22)49-34(39,40)41/h1-12,26H,13-20,42H2. The van der Waals surface area contributed by atoms with Crippen LogP contribution >= 0.6 is 0 Å². The zero-order valence-electron chi connectivity index (χ0n) is 25.9. The number of likely N-dealkylation sites (tertiary alicyclic amines) is 1. The Morgan fingerprint density at radius 2 is 1.53 bits per heavy atom. The minimum atomic E-state index is -4.93. The lowest BCUT2D eigenvalue weighted by Crippen LogP contribution is -2.49. The maximum atomic E-state index is 15.0. The zero-order chi connectivity index (χ0) is 35.1. The number of aromatic nitrogens is 2. The van der Waals surface area contributed by atoms with Gasteiger partial charge in [0.1, 0.15) is 17.2 Å². The third kappa shape index (κ3) is 7.00.